The van der Waals surface area contributed by atoms with Crippen LogP contribution in [0.4, 0.5) is 0 Å². The minimum atomic E-state index is -0.171. The van der Waals surface area contributed by atoms with Crippen molar-refractivity contribution in [3.05, 3.63) is 38.7 Å². The van der Waals surface area contributed by atoms with Crippen molar-refractivity contribution in [3.63, 3.8) is 0 Å². The van der Waals surface area contributed by atoms with Gasteiger partial charge in [-0.2, -0.15) is 0 Å². The highest BCUT2D eigenvalue weighted by Gasteiger charge is 2.16. The van der Waals surface area contributed by atoms with Gasteiger partial charge in [-0.05, 0) is 32.4 Å². The molecule has 0 amide bonds. The Labute approximate surface area is 97.5 Å². The van der Waals surface area contributed by atoms with Gasteiger partial charge in [-0.1, -0.05) is 0 Å². The number of fused-ring (bicyclic) bond motifs is 1. The first-order chi connectivity index (χ1) is 7.97. The van der Waals surface area contributed by atoms with E-state index >= 15 is 0 Å². The van der Waals surface area contributed by atoms with Gasteiger partial charge >= 0.3 is 0 Å². The highest BCUT2D eigenvalue weighted by Crippen LogP contribution is 2.29. The van der Waals surface area contributed by atoms with Crippen molar-refractivity contribution < 1.29 is 14.3 Å². The third kappa shape index (κ3) is 1.53. The lowest BCUT2D eigenvalue weighted by Crippen LogP contribution is -2.08. The molecule has 1 heterocycles. The molecule has 1 aromatic carbocycles. The first kappa shape index (κ1) is 11.4. The van der Waals surface area contributed by atoms with Crippen LogP contribution in [0.3, 0.4) is 0 Å². The van der Waals surface area contributed by atoms with Crippen LogP contribution in [-0.2, 0) is 0 Å². The van der Waals surface area contributed by atoms with Crippen molar-refractivity contribution in [3.8, 4) is 5.75 Å². The predicted octanol–water partition coefficient (Wildman–Crippen LogP) is 2.24. The van der Waals surface area contributed by atoms with E-state index in [4.69, 9.17) is 4.42 Å². The number of carbonyl (C=O) groups is 1. The van der Waals surface area contributed by atoms with Gasteiger partial charge in [0.25, 0.3) is 0 Å². The van der Waals surface area contributed by atoms with E-state index in [-0.39, 0.29) is 22.3 Å². The minimum Gasteiger partial charge on any atom is -0.507 e. The topological polar surface area (TPSA) is 67.5 Å². The number of phenolic OH excluding ortho intramolecular Hbond substituents is 1. The van der Waals surface area contributed by atoms with Gasteiger partial charge in [0.15, 0.2) is 17.3 Å². The first-order valence-corrected chi connectivity index (χ1v) is 5.19. The van der Waals surface area contributed by atoms with Gasteiger partial charge in [-0.3, -0.25) is 9.59 Å². The number of aryl methyl sites for hydroxylation is 2. The summed E-state index contributed by atoms with van der Waals surface area (Å²) in [7, 11) is 0. The summed E-state index contributed by atoms with van der Waals surface area (Å²) >= 11 is 0. The zero-order valence-electron chi connectivity index (χ0n) is 9.83. The molecule has 0 unspecified atom stereocenters. The van der Waals surface area contributed by atoms with Gasteiger partial charge in [0.2, 0.25) is 0 Å². The summed E-state index contributed by atoms with van der Waals surface area (Å²) in [5.41, 5.74) is 1.00. The molecule has 0 spiro atoms. The van der Waals surface area contributed by atoms with Gasteiger partial charge in [0.1, 0.15) is 11.5 Å². The summed E-state index contributed by atoms with van der Waals surface area (Å²) in [5, 5.41) is 10.1. The smallest absolute Gasteiger partial charge is 0.195 e. The van der Waals surface area contributed by atoms with E-state index in [9.17, 15) is 14.7 Å². The Morgan fingerprint density at radius 2 is 1.94 bits per heavy atom. The van der Waals surface area contributed by atoms with E-state index in [1.807, 2.05) is 0 Å². The molecule has 0 atom stereocenters. The monoisotopic (exact) mass is 232 g/mol. The molecular weight excluding hydrogens is 220 g/mol. The molecule has 0 aliphatic heterocycles. The summed E-state index contributed by atoms with van der Waals surface area (Å²) in [6.07, 6.45) is 0.502. The van der Waals surface area contributed by atoms with E-state index in [2.05, 4.69) is 0 Å². The number of phenols is 1. The van der Waals surface area contributed by atoms with Gasteiger partial charge in [0, 0.05) is 5.56 Å². The maximum Gasteiger partial charge on any atom is 0.195 e. The maximum absolute atomic E-state index is 12.0. The molecule has 2 rings (SSSR count). The minimum absolute atomic E-state index is 0.0280. The summed E-state index contributed by atoms with van der Waals surface area (Å²) in [6.45, 7) is 4.96. The molecule has 88 valence electrons. The fourth-order valence-electron chi connectivity index (χ4n) is 1.79. The number of rotatable bonds is 1. The van der Waals surface area contributed by atoms with E-state index in [1.165, 1.54) is 6.07 Å². The van der Waals surface area contributed by atoms with E-state index in [0.717, 1.165) is 0 Å². The fraction of sp³-hybridized carbons (Fsp3) is 0.231. The quantitative estimate of drug-likeness (QED) is 0.765. The number of aldehydes is 1. The van der Waals surface area contributed by atoms with Gasteiger partial charge in [0.05, 0.1) is 10.9 Å². The molecule has 0 bridgehead atoms. The fourth-order valence-corrected chi connectivity index (χ4v) is 1.79. The second kappa shape index (κ2) is 3.73. The zero-order valence-corrected chi connectivity index (χ0v) is 9.83. The van der Waals surface area contributed by atoms with Crippen LogP contribution in [0.25, 0.3) is 11.0 Å². The van der Waals surface area contributed by atoms with Crippen LogP contribution in [-0.4, -0.2) is 11.4 Å². The Balaban J connectivity index is 3.12. The van der Waals surface area contributed by atoms with E-state index < -0.39 is 0 Å². The average Bonchev–Trinajstić information content (AvgIpc) is 2.30. The number of hydrogen-bond donors (Lipinski definition) is 1. The van der Waals surface area contributed by atoms with Crippen LogP contribution in [0.2, 0.25) is 0 Å². The second-order valence-corrected chi connectivity index (χ2v) is 4.06. The van der Waals surface area contributed by atoms with Gasteiger partial charge in [-0.15, -0.1) is 0 Å². The standard InChI is InChI=1S/C13H12O4/c1-6-4-9-12(16)7(2)8(3)17-13(9)10(5-14)11(6)15/h4-5,15H,1-3H3. The molecule has 0 radical (unpaired) electrons. The molecule has 1 N–H and O–H groups in total. The Hall–Kier alpha value is -2.10. The SMILES string of the molecule is Cc1cc2c(=O)c(C)c(C)oc2c(C=O)c1O. The molecule has 17 heavy (non-hydrogen) atoms. The normalized spacial score (nSPS) is 10.8. The number of hydrogen-bond acceptors (Lipinski definition) is 4. The van der Waals surface area contributed by atoms with Crippen LogP contribution >= 0.6 is 0 Å². The highest BCUT2D eigenvalue weighted by molar-refractivity contribution is 5.98. The molecule has 0 aliphatic carbocycles. The van der Waals surface area contributed by atoms with Gasteiger partial charge < -0.3 is 9.52 Å². The van der Waals surface area contributed by atoms with Crippen LogP contribution in [0.5, 0.6) is 5.75 Å². The lowest BCUT2D eigenvalue weighted by Gasteiger charge is -2.08. The van der Waals surface area contributed by atoms with Crippen molar-refractivity contribution in [1.82, 2.24) is 0 Å². The maximum atomic E-state index is 12.0. The molecule has 0 saturated heterocycles. The van der Waals surface area contributed by atoms with Crippen molar-refractivity contribution in [1.29, 1.82) is 0 Å². The van der Waals surface area contributed by atoms with Crippen LogP contribution in [0.15, 0.2) is 15.3 Å². The molecule has 4 heteroatoms. The Bertz CT molecular complexity index is 680. The third-order valence-corrected chi connectivity index (χ3v) is 2.97. The zero-order chi connectivity index (χ0) is 12.7. The van der Waals surface area contributed by atoms with E-state index in [0.29, 0.717) is 28.6 Å². The van der Waals surface area contributed by atoms with Crippen molar-refractivity contribution in [2.45, 2.75) is 20.8 Å². The summed E-state index contributed by atoms with van der Waals surface area (Å²) in [5.74, 6) is 0.313. The van der Waals surface area contributed by atoms with E-state index in [1.54, 1.807) is 20.8 Å². The Morgan fingerprint density at radius 3 is 2.53 bits per heavy atom. The molecule has 1 aromatic heterocycles. The molecular formula is C13H12O4. The Kier molecular flexibility index (Phi) is 2.50. The van der Waals surface area contributed by atoms with Crippen molar-refractivity contribution >= 4 is 17.3 Å². The second-order valence-electron chi connectivity index (χ2n) is 4.06. The number of aromatic hydroxyl groups is 1. The third-order valence-electron chi connectivity index (χ3n) is 2.97. The summed E-state index contributed by atoms with van der Waals surface area (Å²) in [4.78, 5) is 23.0. The van der Waals surface area contributed by atoms with Gasteiger partial charge in [-0.25, -0.2) is 0 Å². The first-order valence-electron chi connectivity index (χ1n) is 5.19. The highest BCUT2D eigenvalue weighted by atomic mass is 16.3. The number of benzene rings is 1. The van der Waals surface area contributed by atoms with Crippen LogP contribution < -0.4 is 5.43 Å². The Morgan fingerprint density at radius 1 is 1.29 bits per heavy atom. The van der Waals surface area contributed by atoms with Crippen molar-refractivity contribution in [2.24, 2.45) is 0 Å². The largest absolute Gasteiger partial charge is 0.507 e. The van der Waals surface area contributed by atoms with Crippen molar-refractivity contribution in [2.75, 3.05) is 0 Å². The summed E-state index contributed by atoms with van der Waals surface area (Å²) < 4.78 is 5.44. The van der Waals surface area contributed by atoms with Crippen LogP contribution in [0.1, 0.15) is 27.2 Å². The number of carbonyl (C=O) groups excluding carboxylic acids is 1. The molecule has 0 aliphatic rings. The lowest BCUT2D eigenvalue weighted by molar-refractivity contribution is 0.112. The molecule has 4 nitrogen and oxygen atoms in total. The molecule has 2 aromatic rings. The predicted molar refractivity (Wildman–Crippen MR) is 63.7 cm³/mol. The molecule has 0 fully saturated rings. The average molecular weight is 232 g/mol. The summed E-state index contributed by atoms with van der Waals surface area (Å²) in [6, 6.07) is 1.54. The lowest BCUT2D eigenvalue weighted by atomic mass is 10.0. The van der Waals surface area contributed by atoms with Crippen LogP contribution in [0, 0.1) is 20.8 Å². The molecule has 0 saturated carbocycles.